The van der Waals surface area contributed by atoms with Crippen LogP contribution in [-0.4, -0.2) is 50.4 Å². The van der Waals surface area contributed by atoms with Crippen molar-refractivity contribution in [3.05, 3.63) is 29.8 Å². The maximum atomic E-state index is 11.9. The van der Waals surface area contributed by atoms with E-state index in [9.17, 15) is 9.59 Å². The maximum Gasteiger partial charge on any atom is 0.224 e. The van der Waals surface area contributed by atoms with Crippen molar-refractivity contribution in [3.8, 4) is 0 Å². The molecule has 0 atom stereocenters. The molecule has 0 aromatic heterocycles. The van der Waals surface area contributed by atoms with E-state index in [1.54, 1.807) is 0 Å². The third kappa shape index (κ3) is 4.48. The molecule has 0 bridgehead atoms. The van der Waals surface area contributed by atoms with Crippen LogP contribution in [0.15, 0.2) is 24.3 Å². The lowest BCUT2D eigenvalue weighted by Crippen LogP contribution is -2.36. The molecule has 5 nitrogen and oxygen atoms in total. The minimum Gasteiger partial charge on any atom is -0.378 e. The van der Waals surface area contributed by atoms with Crippen molar-refractivity contribution in [1.29, 1.82) is 0 Å². The predicted octanol–water partition coefficient (Wildman–Crippen LogP) is 1.03. The van der Waals surface area contributed by atoms with Crippen LogP contribution in [0.3, 0.4) is 0 Å². The monoisotopic (exact) mass is 289 g/mol. The summed E-state index contributed by atoms with van der Waals surface area (Å²) < 4.78 is 0. The van der Waals surface area contributed by atoms with Gasteiger partial charge in [0.15, 0.2) is 0 Å². The molecular weight excluding hydrogens is 266 g/mol. The normalized spacial score (nSPS) is 14.4. The predicted molar refractivity (Wildman–Crippen MR) is 83.3 cm³/mol. The zero-order valence-electron chi connectivity index (χ0n) is 12.8. The molecule has 114 valence electrons. The van der Waals surface area contributed by atoms with Crippen molar-refractivity contribution in [1.82, 2.24) is 10.2 Å². The van der Waals surface area contributed by atoms with Crippen LogP contribution in [0.5, 0.6) is 0 Å². The first-order valence-electron chi connectivity index (χ1n) is 7.37. The smallest absolute Gasteiger partial charge is 0.224 e. The zero-order valence-corrected chi connectivity index (χ0v) is 12.8. The molecule has 1 aromatic rings. The first-order valence-corrected chi connectivity index (χ1v) is 7.37. The molecule has 2 amide bonds. The van der Waals surface area contributed by atoms with E-state index in [1.165, 1.54) is 0 Å². The molecule has 0 unspecified atom stereocenters. The number of rotatable bonds is 6. The molecule has 1 aromatic carbocycles. The SMILES string of the molecule is CN(C)c1ccc(CC(=O)NCCN2CCCC2=O)cc1. The van der Waals surface area contributed by atoms with E-state index in [0.717, 1.165) is 24.2 Å². The fourth-order valence-corrected chi connectivity index (χ4v) is 2.43. The molecule has 1 fully saturated rings. The van der Waals surface area contributed by atoms with Gasteiger partial charge in [0.1, 0.15) is 0 Å². The van der Waals surface area contributed by atoms with Crippen molar-refractivity contribution in [3.63, 3.8) is 0 Å². The standard InChI is InChI=1S/C16H23N3O2/c1-18(2)14-7-5-13(6-8-14)12-15(20)17-9-11-19-10-3-4-16(19)21/h5-8H,3-4,9-12H2,1-2H3,(H,17,20). The van der Waals surface area contributed by atoms with Gasteiger partial charge in [-0.1, -0.05) is 12.1 Å². The van der Waals surface area contributed by atoms with Gasteiger partial charge < -0.3 is 15.1 Å². The van der Waals surface area contributed by atoms with Gasteiger partial charge in [0.05, 0.1) is 6.42 Å². The number of hydrogen-bond acceptors (Lipinski definition) is 3. The first-order chi connectivity index (χ1) is 10.1. The summed E-state index contributed by atoms with van der Waals surface area (Å²) >= 11 is 0. The molecule has 1 heterocycles. The maximum absolute atomic E-state index is 11.9. The Balaban J connectivity index is 1.72. The summed E-state index contributed by atoms with van der Waals surface area (Å²) in [4.78, 5) is 27.1. The van der Waals surface area contributed by atoms with E-state index in [2.05, 4.69) is 5.32 Å². The minimum atomic E-state index is -0.000695. The topological polar surface area (TPSA) is 52.7 Å². The number of carbonyl (C=O) groups is 2. The van der Waals surface area contributed by atoms with Gasteiger partial charge in [-0.2, -0.15) is 0 Å². The minimum absolute atomic E-state index is 0.000695. The summed E-state index contributed by atoms with van der Waals surface area (Å²) in [5.74, 6) is 0.197. The quantitative estimate of drug-likeness (QED) is 0.851. The number of amides is 2. The summed E-state index contributed by atoms with van der Waals surface area (Å²) in [5.41, 5.74) is 2.11. The van der Waals surface area contributed by atoms with Crippen LogP contribution >= 0.6 is 0 Å². The summed E-state index contributed by atoms with van der Waals surface area (Å²) in [6.45, 7) is 1.96. The van der Waals surface area contributed by atoms with E-state index < -0.39 is 0 Å². The Kier molecular flexibility index (Phi) is 5.20. The van der Waals surface area contributed by atoms with Crippen LogP contribution in [-0.2, 0) is 16.0 Å². The summed E-state index contributed by atoms with van der Waals surface area (Å²) in [5, 5.41) is 2.87. The Morgan fingerprint density at radius 1 is 1.29 bits per heavy atom. The number of likely N-dealkylation sites (tertiary alicyclic amines) is 1. The second-order valence-electron chi connectivity index (χ2n) is 5.57. The number of nitrogens with zero attached hydrogens (tertiary/aromatic N) is 2. The van der Waals surface area contributed by atoms with E-state index >= 15 is 0 Å². The largest absolute Gasteiger partial charge is 0.378 e. The Hall–Kier alpha value is -2.04. The molecule has 0 aliphatic carbocycles. The van der Waals surface area contributed by atoms with Gasteiger partial charge in [-0.05, 0) is 24.1 Å². The molecule has 1 saturated heterocycles. The number of nitrogens with one attached hydrogen (secondary N) is 1. The fourth-order valence-electron chi connectivity index (χ4n) is 2.43. The molecular formula is C16H23N3O2. The van der Waals surface area contributed by atoms with Crippen LogP contribution in [0.4, 0.5) is 5.69 Å². The number of hydrogen-bond donors (Lipinski definition) is 1. The molecule has 1 aliphatic heterocycles. The van der Waals surface area contributed by atoms with E-state index in [0.29, 0.717) is 25.9 Å². The van der Waals surface area contributed by atoms with Crippen LogP contribution < -0.4 is 10.2 Å². The lowest BCUT2D eigenvalue weighted by molar-refractivity contribution is -0.128. The molecule has 0 radical (unpaired) electrons. The van der Waals surface area contributed by atoms with Crippen LogP contribution in [0.1, 0.15) is 18.4 Å². The average Bonchev–Trinajstić information content (AvgIpc) is 2.85. The molecule has 21 heavy (non-hydrogen) atoms. The Morgan fingerprint density at radius 2 is 2.00 bits per heavy atom. The van der Waals surface area contributed by atoms with Gasteiger partial charge in [0.25, 0.3) is 0 Å². The van der Waals surface area contributed by atoms with Gasteiger partial charge in [0, 0.05) is 45.8 Å². The summed E-state index contributed by atoms with van der Waals surface area (Å²) in [6.07, 6.45) is 1.96. The van der Waals surface area contributed by atoms with Crippen LogP contribution in [0, 0.1) is 0 Å². The van der Waals surface area contributed by atoms with E-state index in [-0.39, 0.29) is 11.8 Å². The average molecular weight is 289 g/mol. The van der Waals surface area contributed by atoms with Crippen molar-refractivity contribution in [2.24, 2.45) is 0 Å². The van der Waals surface area contributed by atoms with Crippen LogP contribution in [0.2, 0.25) is 0 Å². The van der Waals surface area contributed by atoms with Gasteiger partial charge in [-0.3, -0.25) is 9.59 Å². The molecule has 2 rings (SSSR count). The lowest BCUT2D eigenvalue weighted by atomic mass is 10.1. The van der Waals surface area contributed by atoms with Gasteiger partial charge in [0.2, 0.25) is 11.8 Å². The third-order valence-electron chi connectivity index (χ3n) is 3.69. The molecule has 5 heteroatoms. The van der Waals surface area contributed by atoms with Crippen molar-refractivity contribution >= 4 is 17.5 Å². The highest BCUT2D eigenvalue weighted by Gasteiger charge is 2.19. The Bertz CT molecular complexity index is 497. The molecule has 1 aliphatic rings. The van der Waals surface area contributed by atoms with Crippen molar-refractivity contribution in [2.45, 2.75) is 19.3 Å². The van der Waals surface area contributed by atoms with E-state index in [1.807, 2.05) is 48.2 Å². The van der Waals surface area contributed by atoms with Crippen LogP contribution in [0.25, 0.3) is 0 Å². The number of anilines is 1. The fraction of sp³-hybridized carbons (Fsp3) is 0.500. The summed E-state index contributed by atoms with van der Waals surface area (Å²) in [6, 6.07) is 7.95. The summed E-state index contributed by atoms with van der Waals surface area (Å²) in [7, 11) is 3.97. The Morgan fingerprint density at radius 3 is 2.57 bits per heavy atom. The molecule has 0 spiro atoms. The Labute approximate surface area is 125 Å². The van der Waals surface area contributed by atoms with Gasteiger partial charge in [-0.15, -0.1) is 0 Å². The second-order valence-corrected chi connectivity index (χ2v) is 5.57. The molecule has 0 saturated carbocycles. The first kappa shape index (κ1) is 15.4. The second kappa shape index (κ2) is 7.11. The van der Waals surface area contributed by atoms with Crippen molar-refractivity contribution in [2.75, 3.05) is 38.6 Å². The van der Waals surface area contributed by atoms with Crippen molar-refractivity contribution < 1.29 is 9.59 Å². The number of carbonyl (C=O) groups excluding carboxylic acids is 2. The number of benzene rings is 1. The third-order valence-corrected chi connectivity index (χ3v) is 3.69. The van der Waals surface area contributed by atoms with Gasteiger partial charge >= 0.3 is 0 Å². The molecule has 1 N–H and O–H groups in total. The van der Waals surface area contributed by atoms with Gasteiger partial charge in [-0.25, -0.2) is 0 Å². The highest BCUT2D eigenvalue weighted by molar-refractivity contribution is 5.79. The zero-order chi connectivity index (χ0) is 15.2. The highest BCUT2D eigenvalue weighted by atomic mass is 16.2. The highest BCUT2D eigenvalue weighted by Crippen LogP contribution is 2.12. The van der Waals surface area contributed by atoms with E-state index in [4.69, 9.17) is 0 Å². The lowest BCUT2D eigenvalue weighted by Gasteiger charge is -2.15.